The normalized spacial score (nSPS) is 16.9. The Kier molecular flexibility index (Phi) is 5.56. The van der Waals surface area contributed by atoms with Crippen LogP contribution < -0.4 is 5.56 Å². The minimum Gasteiger partial charge on any atom is -0.376 e. The summed E-state index contributed by atoms with van der Waals surface area (Å²) in [5, 5.41) is 1.01. The zero-order chi connectivity index (χ0) is 18.8. The van der Waals surface area contributed by atoms with Crippen LogP contribution in [-0.4, -0.2) is 27.2 Å². The third kappa shape index (κ3) is 4.07. The number of thioether (sulfide) groups is 1. The number of hydrogen-bond donors (Lipinski definition) is 0. The van der Waals surface area contributed by atoms with E-state index in [2.05, 4.69) is 25.9 Å². The molecule has 0 spiro atoms. The molecule has 1 aromatic carbocycles. The Balaban J connectivity index is 1.69. The predicted molar refractivity (Wildman–Crippen MR) is 106 cm³/mol. The number of ether oxygens (including phenoxy) is 1. The number of benzene rings is 1. The Labute approximate surface area is 168 Å². The second-order valence-corrected chi connectivity index (χ2v) is 8.20. The van der Waals surface area contributed by atoms with E-state index in [1.807, 2.05) is 0 Å². The fraction of sp³-hybridized carbons (Fsp3) is 0.316. The lowest BCUT2D eigenvalue weighted by Crippen LogP contribution is -2.29. The van der Waals surface area contributed by atoms with Gasteiger partial charge in [0.1, 0.15) is 5.82 Å². The van der Waals surface area contributed by atoms with Crippen molar-refractivity contribution in [3.63, 3.8) is 0 Å². The number of rotatable bonds is 5. The number of fused-ring (bicyclic) bond motifs is 1. The van der Waals surface area contributed by atoms with Gasteiger partial charge in [0, 0.05) is 23.0 Å². The maximum atomic E-state index is 14.1. The zero-order valence-electron chi connectivity index (χ0n) is 14.4. The molecule has 0 N–H and O–H groups in total. The number of aromatic nitrogens is 3. The Hall–Kier alpha value is -1.77. The molecule has 1 aliphatic rings. The summed E-state index contributed by atoms with van der Waals surface area (Å²) in [4.78, 5) is 21.8. The van der Waals surface area contributed by atoms with E-state index in [1.54, 1.807) is 35.0 Å². The molecule has 1 saturated heterocycles. The molecule has 1 unspecified atom stereocenters. The summed E-state index contributed by atoms with van der Waals surface area (Å²) in [6, 6.07) is 8.42. The van der Waals surface area contributed by atoms with Crippen molar-refractivity contribution in [3.05, 3.63) is 62.7 Å². The molecule has 3 heterocycles. The van der Waals surface area contributed by atoms with Gasteiger partial charge < -0.3 is 4.74 Å². The second kappa shape index (κ2) is 8.08. The van der Waals surface area contributed by atoms with Gasteiger partial charge in [0.15, 0.2) is 10.8 Å². The molecule has 140 valence electrons. The van der Waals surface area contributed by atoms with Crippen molar-refractivity contribution in [2.75, 3.05) is 6.61 Å². The summed E-state index contributed by atoms with van der Waals surface area (Å²) >= 11 is 4.60. The minimum atomic E-state index is -0.288. The van der Waals surface area contributed by atoms with E-state index >= 15 is 0 Å². The highest BCUT2D eigenvalue weighted by molar-refractivity contribution is 9.10. The number of pyridine rings is 1. The molecule has 4 rings (SSSR count). The van der Waals surface area contributed by atoms with Crippen LogP contribution >= 0.6 is 27.7 Å². The Morgan fingerprint density at radius 3 is 3.04 bits per heavy atom. The summed E-state index contributed by atoms with van der Waals surface area (Å²) in [7, 11) is 0. The van der Waals surface area contributed by atoms with Crippen LogP contribution in [0, 0.1) is 5.82 Å². The number of halogens is 2. The van der Waals surface area contributed by atoms with Gasteiger partial charge in [0.2, 0.25) is 0 Å². The third-order valence-electron chi connectivity index (χ3n) is 4.48. The van der Waals surface area contributed by atoms with Crippen molar-refractivity contribution in [2.45, 2.75) is 36.4 Å². The lowest BCUT2D eigenvalue weighted by Gasteiger charge is -2.16. The molecule has 0 bridgehead atoms. The van der Waals surface area contributed by atoms with Crippen LogP contribution in [0.4, 0.5) is 4.39 Å². The Morgan fingerprint density at radius 1 is 1.37 bits per heavy atom. The van der Waals surface area contributed by atoms with Gasteiger partial charge in [-0.1, -0.05) is 33.8 Å². The third-order valence-corrected chi connectivity index (χ3v) is 6.00. The van der Waals surface area contributed by atoms with E-state index in [0.717, 1.165) is 12.8 Å². The monoisotopic (exact) mass is 449 g/mol. The molecule has 1 atom stereocenters. The summed E-state index contributed by atoms with van der Waals surface area (Å²) in [5.41, 5.74) is 0.828. The van der Waals surface area contributed by atoms with E-state index < -0.39 is 0 Å². The molecule has 0 radical (unpaired) electrons. The van der Waals surface area contributed by atoms with Crippen LogP contribution in [0.5, 0.6) is 0 Å². The van der Waals surface area contributed by atoms with Crippen LogP contribution in [0.1, 0.15) is 18.4 Å². The van der Waals surface area contributed by atoms with Crippen LogP contribution in [0.15, 0.2) is 51.0 Å². The van der Waals surface area contributed by atoms with Crippen molar-refractivity contribution in [1.82, 2.24) is 14.5 Å². The molecule has 0 aliphatic carbocycles. The maximum Gasteiger partial charge on any atom is 0.263 e. The smallest absolute Gasteiger partial charge is 0.263 e. The highest BCUT2D eigenvalue weighted by Gasteiger charge is 2.20. The van der Waals surface area contributed by atoms with Gasteiger partial charge in [-0.25, -0.2) is 14.4 Å². The molecule has 27 heavy (non-hydrogen) atoms. The van der Waals surface area contributed by atoms with Crippen molar-refractivity contribution < 1.29 is 9.13 Å². The van der Waals surface area contributed by atoms with Gasteiger partial charge in [-0.3, -0.25) is 9.36 Å². The van der Waals surface area contributed by atoms with Crippen molar-refractivity contribution in [3.8, 4) is 0 Å². The molecular weight excluding hydrogens is 433 g/mol. The lowest BCUT2D eigenvalue weighted by molar-refractivity contribution is 0.0937. The summed E-state index contributed by atoms with van der Waals surface area (Å²) in [6.45, 7) is 1.16. The van der Waals surface area contributed by atoms with Gasteiger partial charge in [-0.15, -0.1) is 0 Å². The summed E-state index contributed by atoms with van der Waals surface area (Å²) in [5.74, 6) is 0.0823. The average molecular weight is 450 g/mol. The fourth-order valence-corrected chi connectivity index (χ4v) is 4.40. The van der Waals surface area contributed by atoms with Gasteiger partial charge in [0.25, 0.3) is 5.56 Å². The molecule has 5 nitrogen and oxygen atoms in total. The zero-order valence-corrected chi connectivity index (χ0v) is 16.8. The molecule has 0 amide bonds. The van der Waals surface area contributed by atoms with E-state index in [9.17, 15) is 9.18 Å². The quantitative estimate of drug-likeness (QED) is 0.432. The van der Waals surface area contributed by atoms with E-state index in [4.69, 9.17) is 4.74 Å². The van der Waals surface area contributed by atoms with Crippen molar-refractivity contribution >= 4 is 38.7 Å². The number of nitrogens with zero attached hydrogens (tertiary/aromatic N) is 3. The first-order valence-electron chi connectivity index (χ1n) is 8.66. The predicted octanol–water partition coefficient (Wildman–Crippen LogP) is 4.16. The molecule has 8 heteroatoms. The molecule has 0 saturated carbocycles. The van der Waals surface area contributed by atoms with Gasteiger partial charge in [-0.2, -0.15) is 0 Å². The van der Waals surface area contributed by atoms with Crippen LogP contribution in [0.25, 0.3) is 11.0 Å². The number of hydrogen-bond acceptors (Lipinski definition) is 5. The highest BCUT2D eigenvalue weighted by Crippen LogP contribution is 2.26. The Bertz CT molecular complexity index is 1040. The van der Waals surface area contributed by atoms with E-state index in [-0.39, 0.29) is 17.5 Å². The molecular formula is C19H17BrFN3O2S. The molecule has 2 aromatic heterocycles. The maximum absolute atomic E-state index is 14.1. The van der Waals surface area contributed by atoms with Gasteiger partial charge in [0.05, 0.1) is 18.0 Å². The van der Waals surface area contributed by atoms with Crippen molar-refractivity contribution in [1.29, 1.82) is 0 Å². The second-order valence-electron chi connectivity index (χ2n) is 6.34. The van der Waals surface area contributed by atoms with Crippen LogP contribution in [0.3, 0.4) is 0 Å². The topological polar surface area (TPSA) is 57.0 Å². The molecule has 1 fully saturated rings. The fourth-order valence-electron chi connectivity index (χ4n) is 3.08. The van der Waals surface area contributed by atoms with Gasteiger partial charge >= 0.3 is 0 Å². The largest absolute Gasteiger partial charge is 0.376 e. The lowest BCUT2D eigenvalue weighted by atomic mass is 10.2. The van der Waals surface area contributed by atoms with E-state index in [0.29, 0.717) is 45.1 Å². The van der Waals surface area contributed by atoms with Gasteiger partial charge in [-0.05, 0) is 42.7 Å². The highest BCUT2D eigenvalue weighted by atomic mass is 79.9. The SMILES string of the molecule is O=c1c2cccnc2nc(SCc2ccc(Br)cc2F)n1CC1CCCO1. The molecule has 1 aliphatic heterocycles. The summed E-state index contributed by atoms with van der Waals surface area (Å²) < 4.78 is 22.2. The standard InChI is InChI=1S/C19H17BrFN3O2S/c20-13-6-5-12(16(21)9-13)11-27-19-23-17-15(4-1-7-22-17)18(25)24(19)10-14-3-2-8-26-14/h1,4-7,9,14H,2-3,8,10-11H2. The molecule has 3 aromatic rings. The summed E-state index contributed by atoms with van der Waals surface area (Å²) in [6.07, 6.45) is 3.53. The Morgan fingerprint density at radius 2 is 2.26 bits per heavy atom. The van der Waals surface area contributed by atoms with E-state index in [1.165, 1.54) is 17.8 Å². The van der Waals surface area contributed by atoms with Crippen molar-refractivity contribution in [2.24, 2.45) is 0 Å². The average Bonchev–Trinajstić information content (AvgIpc) is 3.17. The first kappa shape index (κ1) is 18.6. The van der Waals surface area contributed by atoms with Crippen LogP contribution in [0.2, 0.25) is 0 Å². The van der Waals surface area contributed by atoms with Crippen LogP contribution in [-0.2, 0) is 17.0 Å². The first-order chi connectivity index (χ1) is 13.1. The minimum absolute atomic E-state index is 0.00221. The first-order valence-corrected chi connectivity index (χ1v) is 10.4.